The summed E-state index contributed by atoms with van der Waals surface area (Å²) in [5.41, 5.74) is 1.07. The minimum Gasteiger partial charge on any atom is -0.184 e. The van der Waals surface area contributed by atoms with Gasteiger partial charge in [0.2, 0.25) is 20.6 Å². The molecule has 0 aromatic heterocycles. The van der Waals surface area contributed by atoms with Crippen molar-refractivity contribution in [1.82, 2.24) is 0 Å². The van der Waals surface area contributed by atoms with E-state index in [0.29, 0.717) is 16.3 Å². The highest BCUT2D eigenvalue weighted by molar-refractivity contribution is 7.73. The Morgan fingerprint density at radius 1 is 0.900 bits per heavy atom. The van der Waals surface area contributed by atoms with Crippen LogP contribution in [0.2, 0.25) is 0 Å². The molecule has 2 aliphatic carbocycles. The maximum atomic E-state index is 10.8. The average molecular weight is 310 g/mol. The van der Waals surface area contributed by atoms with Crippen LogP contribution in [0, 0.1) is 0 Å². The van der Waals surface area contributed by atoms with E-state index >= 15 is 0 Å². The van der Waals surface area contributed by atoms with E-state index in [2.05, 4.69) is 10.2 Å². The van der Waals surface area contributed by atoms with Crippen molar-refractivity contribution in [1.29, 1.82) is 0 Å². The van der Waals surface area contributed by atoms with Crippen LogP contribution in [0.4, 0.5) is 0 Å². The molecule has 0 atom stereocenters. The topological polar surface area (TPSA) is 93.0 Å². The zero-order valence-electron chi connectivity index (χ0n) is 10.2. The third kappa shape index (κ3) is 3.72. The van der Waals surface area contributed by atoms with Crippen LogP contribution in [0.5, 0.6) is 0 Å². The zero-order valence-corrected chi connectivity index (χ0v) is 11.9. The van der Waals surface area contributed by atoms with Gasteiger partial charge < -0.3 is 0 Å². The van der Waals surface area contributed by atoms with E-state index in [1.807, 2.05) is 0 Å². The predicted molar refractivity (Wildman–Crippen MR) is 76.4 cm³/mol. The minimum atomic E-state index is -2.25. The van der Waals surface area contributed by atoms with E-state index < -0.39 is 20.6 Å². The fourth-order valence-electron chi connectivity index (χ4n) is 1.59. The van der Waals surface area contributed by atoms with Gasteiger partial charge in [-0.1, -0.05) is 12.2 Å². The van der Waals surface area contributed by atoms with Gasteiger partial charge in [0.25, 0.3) is 0 Å². The van der Waals surface area contributed by atoms with Crippen molar-refractivity contribution in [3.63, 3.8) is 0 Å². The van der Waals surface area contributed by atoms with E-state index in [-0.39, 0.29) is 17.7 Å². The van der Waals surface area contributed by atoms with E-state index in [0.717, 1.165) is 0 Å². The van der Waals surface area contributed by atoms with Crippen LogP contribution in [-0.2, 0) is 20.6 Å². The Morgan fingerprint density at radius 2 is 1.65 bits per heavy atom. The summed E-state index contributed by atoms with van der Waals surface area (Å²) >= 11 is 0. The summed E-state index contributed by atoms with van der Waals surface area (Å²) < 4.78 is 43.1. The van der Waals surface area contributed by atoms with Gasteiger partial charge in [-0.3, -0.25) is 0 Å². The number of nitrogens with zero attached hydrogens (tertiary/aromatic N) is 2. The summed E-state index contributed by atoms with van der Waals surface area (Å²) in [5.74, 6) is 0. The number of allylic oxidation sites excluding steroid dienone is 7. The molecule has 0 heterocycles. The Hall–Kier alpha value is -2.06. The molecule has 0 bridgehead atoms. The first-order chi connectivity index (χ1) is 9.56. The van der Waals surface area contributed by atoms with Crippen LogP contribution < -0.4 is 0 Å². The van der Waals surface area contributed by atoms with Gasteiger partial charge in [0.1, 0.15) is 0 Å². The average Bonchev–Trinajstić information content (AvgIpc) is 2.46. The summed E-state index contributed by atoms with van der Waals surface area (Å²) in [6.45, 7) is 0. The molecule has 8 heteroatoms. The highest BCUT2D eigenvalue weighted by Gasteiger charge is 2.07. The molecular weight excluding hydrogens is 300 g/mol. The van der Waals surface area contributed by atoms with Gasteiger partial charge in [-0.2, -0.15) is 27.1 Å². The van der Waals surface area contributed by atoms with Crippen molar-refractivity contribution in [2.75, 3.05) is 0 Å². The van der Waals surface area contributed by atoms with Gasteiger partial charge >= 0.3 is 0 Å². The quantitative estimate of drug-likeness (QED) is 0.566. The highest BCUT2D eigenvalue weighted by Crippen LogP contribution is 2.15. The molecule has 0 radical (unpaired) electrons. The third-order valence-electron chi connectivity index (χ3n) is 2.60. The first-order valence-corrected chi connectivity index (χ1v) is 7.78. The molecule has 20 heavy (non-hydrogen) atoms. The molecule has 6 nitrogen and oxygen atoms in total. The van der Waals surface area contributed by atoms with Crippen molar-refractivity contribution in [3.05, 3.63) is 47.9 Å². The fourth-order valence-corrected chi connectivity index (χ4v) is 2.44. The Kier molecular flexibility index (Phi) is 4.59. The SMILES string of the molecule is O=S(=O)=C1C=CC(N=NC2=CC=CC(=S(=O)=O)C2)=CC1. The summed E-state index contributed by atoms with van der Waals surface area (Å²) in [5, 5.41) is 7.93. The fraction of sp³-hybridized carbons (Fsp3) is 0.167. The lowest BCUT2D eigenvalue weighted by molar-refractivity contribution is 0.625. The summed E-state index contributed by atoms with van der Waals surface area (Å²) in [7, 11) is -4.47. The van der Waals surface area contributed by atoms with Crippen LogP contribution in [0.3, 0.4) is 0 Å². The number of azo groups is 1. The van der Waals surface area contributed by atoms with E-state index in [1.54, 1.807) is 24.3 Å². The van der Waals surface area contributed by atoms with Crippen LogP contribution >= 0.6 is 0 Å². The first-order valence-electron chi connectivity index (χ1n) is 5.63. The second kappa shape index (κ2) is 6.40. The Balaban J connectivity index is 2.12. The molecular formula is C12H10N2O4S2. The molecule has 0 aliphatic heterocycles. The molecule has 0 saturated carbocycles. The molecule has 0 amide bonds. The molecule has 0 N–H and O–H groups in total. The third-order valence-corrected chi connectivity index (χ3v) is 4.04. The van der Waals surface area contributed by atoms with Crippen LogP contribution in [-0.4, -0.2) is 26.6 Å². The van der Waals surface area contributed by atoms with E-state index in [4.69, 9.17) is 0 Å². The Bertz CT molecular complexity index is 835. The molecule has 0 spiro atoms. The van der Waals surface area contributed by atoms with Crippen molar-refractivity contribution < 1.29 is 16.8 Å². The van der Waals surface area contributed by atoms with Gasteiger partial charge in [0.15, 0.2) is 0 Å². The number of rotatable bonds is 2. The molecule has 0 aromatic carbocycles. The largest absolute Gasteiger partial charge is 0.217 e. The van der Waals surface area contributed by atoms with E-state index in [9.17, 15) is 16.8 Å². The normalized spacial score (nSPS) is 18.2. The molecule has 0 saturated heterocycles. The van der Waals surface area contributed by atoms with E-state index in [1.165, 1.54) is 12.2 Å². The monoisotopic (exact) mass is 310 g/mol. The molecule has 0 aromatic rings. The lowest BCUT2D eigenvalue weighted by atomic mass is 10.1. The number of hydrogen-bond donors (Lipinski definition) is 0. The summed E-state index contributed by atoms with van der Waals surface area (Å²) in [6.07, 6.45) is 9.93. The van der Waals surface area contributed by atoms with Crippen molar-refractivity contribution in [3.8, 4) is 0 Å². The molecule has 2 aliphatic rings. The van der Waals surface area contributed by atoms with Crippen molar-refractivity contribution >= 4 is 30.3 Å². The standard InChI is InChI=1S/C12H10N2O4S2/c15-19(16)11-6-4-9(5-7-11)13-14-10-2-1-3-12(8-10)20(17)18/h1-6H,7-8H2. The highest BCUT2D eigenvalue weighted by atomic mass is 32.2. The van der Waals surface area contributed by atoms with Crippen LogP contribution in [0.25, 0.3) is 0 Å². The minimum absolute atomic E-state index is 0.203. The summed E-state index contributed by atoms with van der Waals surface area (Å²) in [6, 6.07) is 0. The second-order valence-corrected chi connectivity index (χ2v) is 5.95. The summed E-state index contributed by atoms with van der Waals surface area (Å²) in [4.78, 5) is 0.549. The molecule has 2 rings (SSSR count). The Labute approximate surface area is 118 Å². The lowest BCUT2D eigenvalue weighted by Crippen LogP contribution is -2.00. The van der Waals surface area contributed by atoms with Gasteiger partial charge in [-0.25, -0.2) is 0 Å². The molecule has 104 valence electrons. The lowest BCUT2D eigenvalue weighted by Gasteiger charge is -2.04. The van der Waals surface area contributed by atoms with Crippen molar-refractivity contribution in [2.24, 2.45) is 10.2 Å². The Morgan fingerprint density at radius 3 is 2.25 bits per heavy atom. The van der Waals surface area contributed by atoms with Gasteiger partial charge in [-0.15, -0.1) is 0 Å². The zero-order chi connectivity index (χ0) is 14.5. The van der Waals surface area contributed by atoms with Crippen LogP contribution in [0.15, 0.2) is 58.1 Å². The van der Waals surface area contributed by atoms with Gasteiger partial charge in [0, 0.05) is 12.8 Å². The number of hydrogen-bond acceptors (Lipinski definition) is 6. The smallest absolute Gasteiger partial charge is 0.184 e. The van der Waals surface area contributed by atoms with Gasteiger partial charge in [-0.05, 0) is 24.3 Å². The second-order valence-electron chi connectivity index (χ2n) is 3.96. The maximum Gasteiger partial charge on any atom is 0.217 e. The van der Waals surface area contributed by atoms with Crippen molar-refractivity contribution in [2.45, 2.75) is 12.8 Å². The van der Waals surface area contributed by atoms with Gasteiger partial charge in [0.05, 0.1) is 21.1 Å². The predicted octanol–water partition coefficient (Wildman–Crippen LogP) is 1.23. The molecule has 0 unspecified atom stereocenters. The maximum absolute atomic E-state index is 10.8. The molecule has 0 fully saturated rings. The first kappa shape index (κ1) is 14.4. The van der Waals surface area contributed by atoms with Crippen LogP contribution in [0.1, 0.15) is 12.8 Å².